The number of carbonyl (C=O) groups excluding carboxylic acids is 3. The Balaban J connectivity index is 1.70. The molecule has 1 aromatic carbocycles. The number of amides is 2. The fourth-order valence-electron chi connectivity index (χ4n) is 3.26. The molecule has 1 aromatic rings. The molecule has 0 saturated carbocycles. The van der Waals surface area contributed by atoms with Gasteiger partial charge in [-0.25, -0.2) is 4.39 Å². The lowest BCUT2D eigenvalue weighted by atomic mass is 9.93. The van der Waals surface area contributed by atoms with E-state index in [1.807, 2.05) is 0 Å². The van der Waals surface area contributed by atoms with Crippen molar-refractivity contribution in [2.45, 2.75) is 45.1 Å². The number of hydrogen-bond donors (Lipinski definition) is 1. The summed E-state index contributed by atoms with van der Waals surface area (Å²) in [5.74, 6) is -0.615. The van der Waals surface area contributed by atoms with Crippen LogP contribution in [-0.2, 0) is 25.7 Å². The third-order valence-electron chi connectivity index (χ3n) is 4.86. The van der Waals surface area contributed by atoms with Gasteiger partial charge in [0.1, 0.15) is 5.82 Å². The van der Waals surface area contributed by atoms with Crippen LogP contribution in [0.2, 0.25) is 0 Å². The zero-order valence-electron chi connectivity index (χ0n) is 15.7. The van der Waals surface area contributed by atoms with Gasteiger partial charge in [0.25, 0.3) is 0 Å². The first-order valence-electron chi connectivity index (χ1n) is 9.34. The summed E-state index contributed by atoms with van der Waals surface area (Å²) in [6, 6.07) is 6.37. The van der Waals surface area contributed by atoms with Crippen LogP contribution in [0.5, 0.6) is 0 Å². The summed E-state index contributed by atoms with van der Waals surface area (Å²) in [5.41, 5.74) is 0.464. The summed E-state index contributed by atoms with van der Waals surface area (Å²) in [5, 5.41) is 2.74. The van der Waals surface area contributed by atoms with Gasteiger partial charge in [-0.3, -0.25) is 14.4 Å². The number of benzene rings is 1. The molecule has 1 atom stereocenters. The average Bonchev–Trinajstić information content (AvgIpc) is 2.69. The standard InChI is InChI=1S/C20H27FN2O4/c1-27-20(26)11-10-19(25)23-12-4-5-15(14-23)8-9-18(24)22-13-16-6-2-3-7-17(16)21/h2-3,6-7,15H,4-5,8-14H2,1H3,(H,22,24)/t15-/m0/s1. The van der Waals surface area contributed by atoms with Crippen molar-refractivity contribution in [1.29, 1.82) is 0 Å². The van der Waals surface area contributed by atoms with E-state index in [-0.39, 0.29) is 48.9 Å². The first kappa shape index (κ1) is 20.9. The van der Waals surface area contributed by atoms with E-state index in [2.05, 4.69) is 10.1 Å². The van der Waals surface area contributed by atoms with Gasteiger partial charge in [-0.15, -0.1) is 0 Å². The van der Waals surface area contributed by atoms with Crippen molar-refractivity contribution in [3.05, 3.63) is 35.6 Å². The molecule has 2 amide bonds. The van der Waals surface area contributed by atoms with Gasteiger partial charge in [0.05, 0.1) is 13.5 Å². The van der Waals surface area contributed by atoms with Crippen LogP contribution in [-0.4, -0.2) is 42.9 Å². The minimum absolute atomic E-state index is 0.0471. The molecule has 1 aliphatic rings. The van der Waals surface area contributed by atoms with Gasteiger partial charge in [0.15, 0.2) is 0 Å². The van der Waals surface area contributed by atoms with Crippen molar-refractivity contribution >= 4 is 17.8 Å². The minimum atomic E-state index is -0.386. The van der Waals surface area contributed by atoms with E-state index in [4.69, 9.17) is 0 Å². The Labute approximate surface area is 159 Å². The second-order valence-corrected chi connectivity index (χ2v) is 6.83. The summed E-state index contributed by atoms with van der Waals surface area (Å²) < 4.78 is 18.1. The Morgan fingerprint density at radius 2 is 2.00 bits per heavy atom. The van der Waals surface area contributed by atoms with E-state index < -0.39 is 0 Å². The molecule has 7 heteroatoms. The van der Waals surface area contributed by atoms with Crippen molar-refractivity contribution in [1.82, 2.24) is 10.2 Å². The van der Waals surface area contributed by atoms with Gasteiger partial charge in [-0.05, 0) is 31.2 Å². The van der Waals surface area contributed by atoms with Gasteiger partial charge in [0, 0.05) is 38.0 Å². The minimum Gasteiger partial charge on any atom is -0.469 e. The highest BCUT2D eigenvalue weighted by Gasteiger charge is 2.24. The summed E-state index contributed by atoms with van der Waals surface area (Å²) in [4.78, 5) is 37.2. The number of ether oxygens (including phenoxy) is 1. The van der Waals surface area contributed by atoms with Crippen LogP contribution in [0.1, 0.15) is 44.1 Å². The fraction of sp³-hybridized carbons (Fsp3) is 0.550. The Kier molecular flexibility index (Phi) is 8.23. The van der Waals surface area contributed by atoms with Crippen molar-refractivity contribution in [3.8, 4) is 0 Å². The van der Waals surface area contributed by atoms with E-state index in [9.17, 15) is 18.8 Å². The second-order valence-electron chi connectivity index (χ2n) is 6.83. The number of methoxy groups -OCH3 is 1. The van der Waals surface area contributed by atoms with Crippen molar-refractivity contribution in [3.63, 3.8) is 0 Å². The molecule has 0 bridgehead atoms. The molecule has 27 heavy (non-hydrogen) atoms. The first-order valence-corrected chi connectivity index (χ1v) is 9.34. The average molecular weight is 378 g/mol. The maximum atomic E-state index is 13.6. The molecular formula is C20H27FN2O4. The van der Waals surface area contributed by atoms with E-state index in [1.165, 1.54) is 13.2 Å². The van der Waals surface area contributed by atoms with Crippen LogP contribution in [0.3, 0.4) is 0 Å². The number of hydrogen-bond acceptors (Lipinski definition) is 4. The maximum absolute atomic E-state index is 13.6. The highest BCUT2D eigenvalue weighted by molar-refractivity contribution is 5.81. The molecule has 0 spiro atoms. The lowest BCUT2D eigenvalue weighted by molar-refractivity contribution is -0.144. The molecule has 1 N–H and O–H groups in total. The zero-order chi connectivity index (χ0) is 19.6. The van der Waals surface area contributed by atoms with Gasteiger partial charge in [0.2, 0.25) is 11.8 Å². The number of rotatable bonds is 8. The molecule has 148 valence electrons. The summed E-state index contributed by atoms with van der Waals surface area (Å²) >= 11 is 0. The summed E-state index contributed by atoms with van der Waals surface area (Å²) in [7, 11) is 1.31. The molecular weight excluding hydrogens is 351 g/mol. The maximum Gasteiger partial charge on any atom is 0.306 e. The van der Waals surface area contributed by atoms with Crippen LogP contribution < -0.4 is 5.32 Å². The smallest absolute Gasteiger partial charge is 0.306 e. The summed E-state index contributed by atoms with van der Waals surface area (Å²) in [6.45, 7) is 1.48. The van der Waals surface area contributed by atoms with Gasteiger partial charge in [-0.2, -0.15) is 0 Å². The van der Waals surface area contributed by atoms with E-state index >= 15 is 0 Å². The number of halogens is 1. The van der Waals surface area contributed by atoms with Crippen LogP contribution in [0, 0.1) is 11.7 Å². The zero-order valence-corrected chi connectivity index (χ0v) is 15.7. The van der Waals surface area contributed by atoms with E-state index in [0.29, 0.717) is 31.5 Å². The normalized spacial score (nSPS) is 16.7. The van der Waals surface area contributed by atoms with Crippen LogP contribution in [0.15, 0.2) is 24.3 Å². The molecule has 0 aromatic heterocycles. The molecule has 0 unspecified atom stereocenters. The third kappa shape index (κ3) is 7.00. The van der Waals surface area contributed by atoms with Crippen LogP contribution in [0.25, 0.3) is 0 Å². The molecule has 0 radical (unpaired) electrons. The SMILES string of the molecule is COC(=O)CCC(=O)N1CCC[C@@H](CCC(=O)NCc2ccccc2F)C1. The number of nitrogens with one attached hydrogen (secondary N) is 1. The predicted octanol–water partition coefficient (Wildman–Crippen LogP) is 2.41. The number of likely N-dealkylation sites (tertiary alicyclic amines) is 1. The van der Waals surface area contributed by atoms with Gasteiger partial charge >= 0.3 is 5.97 Å². The third-order valence-corrected chi connectivity index (χ3v) is 4.86. The number of piperidine rings is 1. The van der Waals surface area contributed by atoms with Crippen molar-refractivity contribution < 1.29 is 23.5 Å². The lowest BCUT2D eigenvalue weighted by Gasteiger charge is -2.32. The van der Waals surface area contributed by atoms with Crippen molar-refractivity contribution in [2.24, 2.45) is 5.92 Å². The van der Waals surface area contributed by atoms with Gasteiger partial charge < -0.3 is 15.0 Å². The number of carbonyl (C=O) groups is 3. The second kappa shape index (κ2) is 10.6. The molecule has 0 aliphatic carbocycles. The molecule has 1 saturated heterocycles. The van der Waals surface area contributed by atoms with Gasteiger partial charge in [-0.1, -0.05) is 18.2 Å². The molecule has 1 heterocycles. The number of nitrogens with zero attached hydrogens (tertiary/aromatic N) is 1. The lowest BCUT2D eigenvalue weighted by Crippen LogP contribution is -2.40. The van der Waals surface area contributed by atoms with Crippen molar-refractivity contribution in [2.75, 3.05) is 20.2 Å². The monoisotopic (exact) mass is 378 g/mol. The van der Waals surface area contributed by atoms with Crippen LogP contribution >= 0.6 is 0 Å². The highest BCUT2D eigenvalue weighted by Crippen LogP contribution is 2.22. The Morgan fingerprint density at radius 3 is 2.74 bits per heavy atom. The fourth-order valence-corrected chi connectivity index (χ4v) is 3.26. The van der Waals surface area contributed by atoms with E-state index in [1.54, 1.807) is 23.1 Å². The Bertz CT molecular complexity index is 665. The number of esters is 1. The topological polar surface area (TPSA) is 75.7 Å². The van der Waals surface area contributed by atoms with Crippen LogP contribution in [0.4, 0.5) is 4.39 Å². The Hall–Kier alpha value is -2.44. The molecule has 1 fully saturated rings. The largest absolute Gasteiger partial charge is 0.469 e. The molecule has 6 nitrogen and oxygen atoms in total. The molecule has 1 aliphatic heterocycles. The summed E-state index contributed by atoms with van der Waals surface area (Å²) in [6.07, 6.45) is 3.15. The predicted molar refractivity (Wildman–Crippen MR) is 98.0 cm³/mol. The Morgan fingerprint density at radius 1 is 1.22 bits per heavy atom. The van der Waals surface area contributed by atoms with E-state index in [0.717, 1.165) is 12.8 Å². The molecule has 2 rings (SSSR count). The quantitative estimate of drug-likeness (QED) is 0.705. The highest BCUT2D eigenvalue weighted by atomic mass is 19.1. The first-order chi connectivity index (χ1) is 13.0.